The molecule has 5 atom stereocenters. The third-order valence-corrected chi connectivity index (χ3v) is 5.95. The fourth-order valence-corrected chi connectivity index (χ4v) is 4.72. The maximum absolute atomic E-state index is 13.2. The Balaban J connectivity index is 1.71. The molecule has 1 N–H and O–H groups in total. The van der Waals surface area contributed by atoms with E-state index in [9.17, 15) is 14.4 Å². The second kappa shape index (κ2) is 6.14. The Labute approximate surface area is 147 Å². The molecule has 0 radical (unpaired) electrons. The highest BCUT2D eigenvalue weighted by molar-refractivity contribution is 6.06. The maximum Gasteiger partial charge on any atom is 0.234 e. The zero-order valence-electron chi connectivity index (χ0n) is 14.2. The van der Waals surface area contributed by atoms with Crippen LogP contribution in [0.5, 0.6) is 0 Å². The second-order valence-electron chi connectivity index (χ2n) is 7.19. The van der Waals surface area contributed by atoms with Crippen LogP contribution in [0.25, 0.3) is 0 Å². The Kier molecular flexibility index (Phi) is 3.94. The van der Waals surface area contributed by atoms with Gasteiger partial charge in [-0.2, -0.15) is 0 Å². The van der Waals surface area contributed by atoms with Crippen molar-refractivity contribution in [3.05, 3.63) is 48.0 Å². The molecule has 5 nitrogen and oxygen atoms in total. The fourth-order valence-electron chi connectivity index (χ4n) is 4.72. The largest absolute Gasteiger partial charge is 0.359 e. The van der Waals surface area contributed by atoms with Crippen LogP contribution >= 0.6 is 0 Å². The summed E-state index contributed by atoms with van der Waals surface area (Å²) in [5.74, 6) is -0.552. The van der Waals surface area contributed by atoms with Gasteiger partial charge in [-0.15, -0.1) is 0 Å². The standard InChI is InChI=1S/C20H22N2O3/c1-21-16(23)11-15(12-5-3-2-4-6-12)22-19(24)17-13-7-8-14(10-9-13)18(17)20(22)25/h2-8,13-15,17-18H,9-11H2,1H3,(H,21,23)/t13-,14-,15+,17-,18-/m0/s1. The Morgan fingerprint density at radius 1 is 1.08 bits per heavy atom. The summed E-state index contributed by atoms with van der Waals surface area (Å²) in [7, 11) is 1.57. The summed E-state index contributed by atoms with van der Waals surface area (Å²) in [5.41, 5.74) is 0.826. The molecule has 5 heteroatoms. The lowest BCUT2D eigenvalue weighted by Crippen LogP contribution is -2.38. The van der Waals surface area contributed by atoms with Gasteiger partial charge >= 0.3 is 0 Å². The van der Waals surface area contributed by atoms with Crippen molar-refractivity contribution in [3.63, 3.8) is 0 Å². The van der Waals surface area contributed by atoms with Crippen LogP contribution in [0.15, 0.2) is 42.5 Å². The molecule has 1 saturated carbocycles. The third kappa shape index (κ3) is 2.49. The van der Waals surface area contributed by atoms with Gasteiger partial charge in [-0.1, -0.05) is 42.5 Å². The lowest BCUT2D eigenvalue weighted by atomic mass is 9.63. The molecule has 0 spiro atoms. The van der Waals surface area contributed by atoms with E-state index in [-0.39, 0.29) is 47.8 Å². The smallest absolute Gasteiger partial charge is 0.234 e. The minimum atomic E-state index is -0.536. The molecular weight excluding hydrogens is 316 g/mol. The molecule has 1 aliphatic heterocycles. The van der Waals surface area contributed by atoms with E-state index < -0.39 is 6.04 Å². The van der Waals surface area contributed by atoms with Crippen LogP contribution in [-0.2, 0) is 14.4 Å². The van der Waals surface area contributed by atoms with Gasteiger partial charge in [0.05, 0.1) is 24.3 Å². The van der Waals surface area contributed by atoms with Crippen LogP contribution in [0.4, 0.5) is 0 Å². The molecule has 2 fully saturated rings. The molecule has 3 amide bonds. The lowest BCUT2D eigenvalue weighted by molar-refractivity contribution is -0.143. The molecule has 2 bridgehead atoms. The number of carbonyl (C=O) groups excluding carboxylic acids is 3. The number of allylic oxidation sites excluding steroid dienone is 2. The van der Waals surface area contributed by atoms with E-state index >= 15 is 0 Å². The quantitative estimate of drug-likeness (QED) is 0.675. The van der Waals surface area contributed by atoms with Crippen LogP contribution in [0.3, 0.4) is 0 Å². The van der Waals surface area contributed by atoms with Gasteiger partial charge < -0.3 is 5.32 Å². The van der Waals surface area contributed by atoms with Crippen LogP contribution in [0.2, 0.25) is 0 Å². The van der Waals surface area contributed by atoms with E-state index in [1.165, 1.54) is 4.90 Å². The number of nitrogens with zero attached hydrogens (tertiary/aromatic N) is 1. The van der Waals surface area contributed by atoms with E-state index in [1.54, 1.807) is 7.05 Å². The number of imide groups is 1. The van der Waals surface area contributed by atoms with Crippen LogP contribution in [0.1, 0.15) is 30.9 Å². The predicted octanol–water partition coefficient (Wildman–Crippen LogP) is 2.06. The van der Waals surface area contributed by atoms with E-state index in [1.807, 2.05) is 30.3 Å². The number of likely N-dealkylation sites (tertiary alicyclic amines) is 1. The van der Waals surface area contributed by atoms with E-state index in [4.69, 9.17) is 0 Å². The zero-order chi connectivity index (χ0) is 17.6. The minimum Gasteiger partial charge on any atom is -0.359 e. The third-order valence-electron chi connectivity index (χ3n) is 5.95. The number of amides is 3. The van der Waals surface area contributed by atoms with Crippen molar-refractivity contribution in [1.82, 2.24) is 10.2 Å². The number of hydrogen-bond donors (Lipinski definition) is 1. The summed E-state index contributed by atoms with van der Waals surface area (Å²) < 4.78 is 0. The van der Waals surface area contributed by atoms with E-state index in [0.717, 1.165) is 18.4 Å². The highest BCUT2D eigenvalue weighted by Gasteiger charge is 2.58. The molecule has 0 unspecified atom stereocenters. The average molecular weight is 338 g/mol. The van der Waals surface area contributed by atoms with Crippen molar-refractivity contribution in [3.8, 4) is 0 Å². The fraction of sp³-hybridized carbons (Fsp3) is 0.450. The zero-order valence-corrected chi connectivity index (χ0v) is 14.2. The molecule has 5 rings (SSSR count). The minimum absolute atomic E-state index is 0.0974. The summed E-state index contributed by atoms with van der Waals surface area (Å²) in [6.45, 7) is 0. The molecule has 130 valence electrons. The van der Waals surface area contributed by atoms with Crippen LogP contribution < -0.4 is 5.32 Å². The van der Waals surface area contributed by atoms with Crippen molar-refractivity contribution in [1.29, 1.82) is 0 Å². The van der Waals surface area contributed by atoms with Gasteiger partial charge in [0.1, 0.15) is 0 Å². The van der Waals surface area contributed by atoms with E-state index in [2.05, 4.69) is 17.5 Å². The number of fused-ring (bicyclic) bond motifs is 1. The van der Waals surface area contributed by atoms with Crippen LogP contribution in [0, 0.1) is 23.7 Å². The first-order chi connectivity index (χ1) is 12.1. The number of hydrogen-bond acceptors (Lipinski definition) is 3. The summed E-state index contributed by atoms with van der Waals surface area (Å²) >= 11 is 0. The molecule has 1 aromatic carbocycles. The van der Waals surface area contributed by atoms with Gasteiger partial charge in [-0.05, 0) is 30.2 Å². The summed E-state index contributed by atoms with van der Waals surface area (Å²) in [6.07, 6.45) is 6.27. The topological polar surface area (TPSA) is 66.5 Å². The molecular formula is C20H22N2O3. The molecule has 1 aromatic rings. The van der Waals surface area contributed by atoms with Crippen molar-refractivity contribution in [2.75, 3.05) is 7.05 Å². The first-order valence-corrected chi connectivity index (χ1v) is 8.92. The number of carbonyl (C=O) groups is 3. The number of benzene rings is 1. The van der Waals surface area contributed by atoms with Crippen molar-refractivity contribution >= 4 is 17.7 Å². The molecule has 4 aliphatic rings. The Morgan fingerprint density at radius 3 is 2.12 bits per heavy atom. The van der Waals surface area contributed by atoms with Crippen molar-refractivity contribution < 1.29 is 14.4 Å². The van der Waals surface area contributed by atoms with Gasteiger partial charge in [0.25, 0.3) is 0 Å². The molecule has 1 heterocycles. The summed E-state index contributed by atoms with van der Waals surface area (Å²) in [5, 5.41) is 2.61. The van der Waals surface area contributed by atoms with E-state index in [0.29, 0.717) is 0 Å². The van der Waals surface area contributed by atoms with Crippen molar-refractivity contribution in [2.45, 2.75) is 25.3 Å². The highest BCUT2D eigenvalue weighted by atomic mass is 16.2. The Morgan fingerprint density at radius 2 is 1.64 bits per heavy atom. The van der Waals surface area contributed by atoms with Crippen LogP contribution in [-0.4, -0.2) is 29.7 Å². The van der Waals surface area contributed by atoms with Gasteiger partial charge in [-0.3, -0.25) is 19.3 Å². The Hall–Kier alpha value is -2.43. The maximum atomic E-state index is 13.2. The van der Waals surface area contributed by atoms with Gasteiger partial charge in [0, 0.05) is 7.05 Å². The average Bonchev–Trinajstić information content (AvgIpc) is 2.94. The predicted molar refractivity (Wildman–Crippen MR) is 92.1 cm³/mol. The monoisotopic (exact) mass is 338 g/mol. The SMILES string of the molecule is CNC(=O)C[C@H](c1ccccc1)N1C(=O)[C@@H]2[C@@H](C1=O)[C@H]1C=C[C@H]2CC1. The number of nitrogens with one attached hydrogen (secondary N) is 1. The summed E-state index contributed by atoms with van der Waals surface area (Å²) in [4.78, 5) is 39.8. The second-order valence-corrected chi connectivity index (χ2v) is 7.19. The highest BCUT2D eigenvalue weighted by Crippen LogP contribution is 2.51. The molecule has 0 aromatic heterocycles. The van der Waals surface area contributed by atoms with Gasteiger partial charge in [0.15, 0.2) is 0 Å². The Bertz CT molecular complexity index is 711. The van der Waals surface area contributed by atoms with Gasteiger partial charge in [-0.25, -0.2) is 0 Å². The normalized spacial score (nSPS) is 31.2. The first kappa shape index (κ1) is 16.1. The lowest BCUT2D eigenvalue weighted by Gasteiger charge is -2.38. The van der Waals surface area contributed by atoms with Crippen molar-refractivity contribution in [2.24, 2.45) is 23.7 Å². The molecule has 1 saturated heterocycles. The number of rotatable bonds is 4. The molecule has 3 aliphatic carbocycles. The van der Waals surface area contributed by atoms with Gasteiger partial charge in [0.2, 0.25) is 17.7 Å². The molecule has 25 heavy (non-hydrogen) atoms. The first-order valence-electron chi connectivity index (χ1n) is 8.92. The summed E-state index contributed by atoms with van der Waals surface area (Å²) in [6, 6.07) is 8.85.